The van der Waals surface area contributed by atoms with E-state index in [1.165, 1.54) is 6.92 Å². The first kappa shape index (κ1) is 11.2. The van der Waals surface area contributed by atoms with Gasteiger partial charge in [-0.2, -0.15) is 17.9 Å². The molecule has 82 valence electrons. The molecule has 0 aliphatic rings. The van der Waals surface area contributed by atoms with Crippen LogP contribution in [0.25, 0.3) is 0 Å². The Morgan fingerprint density at radius 2 is 2.00 bits per heavy atom. The third-order valence-electron chi connectivity index (χ3n) is 1.71. The van der Waals surface area contributed by atoms with E-state index in [1.54, 1.807) is 0 Å². The summed E-state index contributed by atoms with van der Waals surface area (Å²) < 4.78 is 36.1. The topological polar surface area (TPSA) is 70.1 Å². The second-order valence-corrected chi connectivity index (χ2v) is 2.81. The Kier molecular flexibility index (Phi) is 2.52. The Hall–Kier alpha value is -1.86. The van der Waals surface area contributed by atoms with E-state index in [0.29, 0.717) is 6.20 Å². The number of halogens is 3. The zero-order valence-corrected chi connectivity index (χ0v) is 7.41. The van der Waals surface area contributed by atoms with Crippen molar-refractivity contribution in [2.24, 2.45) is 0 Å². The first-order chi connectivity index (χ1) is 6.73. The van der Waals surface area contributed by atoms with Crippen LogP contribution in [-0.2, 0) is 6.18 Å². The minimum Gasteiger partial charge on any atom is -0.618 e. The normalized spacial score (nSPS) is 11.5. The molecule has 0 radical (unpaired) electrons. The van der Waals surface area contributed by atoms with E-state index in [0.717, 1.165) is 0 Å². The van der Waals surface area contributed by atoms with E-state index in [-0.39, 0.29) is 11.6 Å². The van der Waals surface area contributed by atoms with Gasteiger partial charge in [0.05, 0.1) is 16.6 Å². The van der Waals surface area contributed by atoms with E-state index in [1.807, 2.05) is 0 Å². The number of aryl methyl sites for hydroxylation is 1. The van der Waals surface area contributed by atoms with Crippen LogP contribution in [0.15, 0.2) is 12.3 Å². The van der Waals surface area contributed by atoms with Crippen molar-refractivity contribution in [3.05, 3.63) is 38.8 Å². The smallest absolute Gasteiger partial charge is 0.479 e. The van der Waals surface area contributed by atoms with Crippen LogP contribution in [0.4, 0.5) is 18.9 Å². The lowest BCUT2D eigenvalue weighted by Gasteiger charge is -2.07. The van der Waals surface area contributed by atoms with E-state index in [9.17, 15) is 28.5 Å². The fourth-order valence-corrected chi connectivity index (χ4v) is 1.02. The van der Waals surface area contributed by atoms with Gasteiger partial charge in [0.1, 0.15) is 0 Å². The summed E-state index contributed by atoms with van der Waals surface area (Å²) in [4.78, 5) is 9.37. The highest BCUT2D eigenvalue weighted by Crippen LogP contribution is 2.29. The van der Waals surface area contributed by atoms with Crippen molar-refractivity contribution in [2.75, 3.05) is 0 Å². The van der Waals surface area contributed by atoms with Crippen LogP contribution in [0.2, 0.25) is 0 Å². The number of rotatable bonds is 1. The molecule has 0 fully saturated rings. The summed E-state index contributed by atoms with van der Waals surface area (Å²) in [5.74, 6) is 0. The molecule has 1 aromatic heterocycles. The highest BCUT2D eigenvalue weighted by molar-refractivity contribution is 5.37. The van der Waals surface area contributed by atoms with Crippen LogP contribution < -0.4 is 4.73 Å². The Morgan fingerprint density at radius 3 is 2.40 bits per heavy atom. The molecule has 0 N–H and O–H groups in total. The van der Waals surface area contributed by atoms with Gasteiger partial charge in [0, 0.05) is 0 Å². The van der Waals surface area contributed by atoms with Gasteiger partial charge in [0.25, 0.3) is 5.69 Å². The molecule has 0 aromatic carbocycles. The summed E-state index contributed by atoms with van der Waals surface area (Å²) in [6, 6.07) is 0.225. The predicted molar refractivity (Wildman–Crippen MR) is 41.8 cm³/mol. The number of alkyl halides is 3. The second kappa shape index (κ2) is 3.37. The molecular weight excluding hydrogens is 217 g/mol. The van der Waals surface area contributed by atoms with Gasteiger partial charge in [-0.25, -0.2) is 0 Å². The van der Waals surface area contributed by atoms with Crippen LogP contribution in [0, 0.1) is 22.2 Å². The molecule has 1 rings (SSSR count). The third-order valence-corrected chi connectivity index (χ3v) is 1.71. The third kappa shape index (κ3) is 2.14. The largest absolute Gasteiger partial charge is 0.618 e. The highest BCUT2D eigenvalue weighted by Gasteiger charge is 2.41. The van der Waals surface area contributed by atoms with Crippen LogP contribution in [-0.4, -0.2) is 4.92 Å². The van der Waals surface area contributed by atoms with Gasteiger partial charge in [-0.15, -0.1) is 0 Å². The average molecular weight is 222 g/mol. The van der Waals surface area contributed by atoms with Crippen LogP contribution >= 0.6 is 0 Å². The minimum atomic E-state index is -4.90. The first-order valence-corrected chi connectivity index (χ1v) is 3.69. The van der Waals surface area contributed by atoms with Crippen molar-refractivity contribution < 1.29 is 22.8 Å². The fraction of sp³-hybridized carbons (Fsp3) is 0.286. The lowest BCUT2D eigenvalue weighted by molar-refractivity contribution is -0.630. The van der Waals surface area contributed by atoms with Gasteiger partial charge in [0.2, 0.25) is 0 Å². The summed E-state index contributed by atoms with van der Waals surface area (Å²) in [5, 5.41) is 21.2. The van der Waals surface area contributed by atoms with Crippen molar-refractivity contribution in [1.29, 1.82) is 0 Å². The number of nitrogens with zero attached hydrogens (tertiary/aromatic N) is 2. The summed E-state index contributed by atoms with van der Waals surface area (Å²) in [6.45, 7) is 1.19. The predicted octanol–water partition coefficient (Wildman–Crippen LogP) is 1.56. The van der Waals surface area contributed by atoms with Crippen molar-refractivity contribution >= 4 is 5.69 Å². The van der Waals surface area contributed by atoms with E-state index in [4.69, 9.17) is 0 Å². The van der Waals surface area contributed by atoms with Crippen LogP contribution in [0.3, 0.4) is 0 Å². The van der Waals surface area contributed by atoms with Crippen molar-refractivity contribution in [3.8, 4) is 0 Å². The molecule has 0 aliphatic heterocycles. The number of hydrogen-bond donors (Lipinski definition) is 0. The summed E-state index contributed by atoms with van der Waals surface area (Å²) in [6.07, 6.45) is -4.37. The summed E-state index contributed by atoms with van der Waals surface area (Å²) >= 11 is 0. The van der Waals surface area contributed by atoms with E-state index in [2.05, 4.69) is 0 Å². The molecule has 0 aliphatic carbocycles. The SMILES string of the molecule is Cc1c[n+]([O-])c(C(F)(F)F)cc1[N+](=O)[O-]. The van der Waals surface area contributed by atoms with Crippen molar-refractivity contribution in [1.82, 2.24) is 0 Å². The standard InChI is InChI=1S/C7H5F3N2O3/c1-4-3-11(13)6(7(8,9)10)2-5(4)12(14)15/h2-3H,1H3. The van der Waals surface area contributed by atoms with E-state index < -0.39 is 27.2 Å². The zero-order valence-electron chi connectivity index (χ0n) is 7.41. The summed E-state index contributed by atoms with van der Waals surface area (Å²) in [7, 11) is 0. The Morgan fingerprint density at radius 1 is 1.47 bits per heavy atom. The van der Waals surface area contributed by atoms with Crippen LogP contribution in [0.5, 0.6) is 0 Å². The molecule has 1 heterocycles. The molecule has 0 spiro atoms. The number of pyridine rings is 1. The molecule has 1 aromatic rings. The maximum Gasteiger partial charge on any atom is 0.479 e. The zero-order chi connectivity index (χ0) is 11.8. The number of hydrogen-bond acceptors (Lipinski definition) is 3. The van der Waals surface area contributed by atoms with Gasteiger partial charge in [0.15, 0.2) is 6.20 Å². The average Bonchev–Trinajstić information content (AvgIpc) is 2.00. The highest BCUT2D eigenvalue weighted by atomic mass is 19.4. The molecule has 0 atom stereocenters. The van der Waals surface area contributed by atoms with Gasteiger partial charge in [-0.3, -0.25) is 10.1 Å². The van der Waals surface area contributed by atoms with Gasteiger partial charge >= 0.3 is 11.9 Å². The number of nitro groups is 1. The minimum absolute atomic E-state index is 0.122. The quantitative estimate of drug-likeness (QED) is 0.313. The monoisotopic (exact) mass is 222 g/mol. The van der Waals surface area contributed by atoms with Crippen molar-refractivity contribution in [2.45, 2.75) is 13.1 Å². The molecule has 8 heteroatoms. The van der Waals surface area contributed by atoms with Gasteiger partial charge < -0.3 is 5.21 Å². The maximum atomic E-state index is 12.2. The summed E-state index contributed by atoms with van der Waals surface area (Å²) in [5.41, 5.74) is -2.45. The molecule has 0 saturated heterocycles. The number of aromatic nitrogens is 1. The van der Waals surface area contributed by atoms with Gasteiger partial charge in [-0.05, 0) is 6.92 Å². The van der Waals surface area contributed by atoms with Crippen molar-refractivity contribution in [3.63, 3.8) is 0 Å². The first-order valence-electron chi connectivity index (χ1n) is 3.69. The molecule has 0 bridgehead atoms. The van der Waals surface area contributed by atoms with Gasteiger partial charge in [-0.1, -0.05) is 0 Å². The molecule has 0 saturated carbocycles. The molecule has 15 heavy (non-hydrogen) atoms. The molecular formula is C7H5F3N2O3. The maximum absolute atomic E-state index is 12.2. The van der Waals surface area contributed by atoms with Crippen LogP contribution in [0.1, 0.15) is 11.3 Å². The Bertz CT molecular complexity index is 417. The fourth-order valence-electron chi connectivity index (χ4n) is 1.02. The Balaban J connectivity index is 3.43. The van der Waals surface area contributed by atoms with E-state index >= 15 is 0 Å². The lowest BCUT2D eigenvalue weighted by atomic mass is 10.2. The molecule has 5 nitrogen and oxygen atoms in total. The lowest BCUT2D eigenvalue weighted by Crippen LogP contribution is -2.36. The second-order valence-electron chi connectivity index (χ2n) is 2.81. The molecule has 0 amide bonds. The molecule has 0 unspecified atom stereocenters. The Labute approximate surface area is 81.5 Å².